The van der Waals surface area contributed by atoms with Crippen LogP contribution >= 0.6 is 0 Å². The van der Waals surface area contributed by atoms with Crippen molar-refractivity contribution in [3.8, 4) is 11.1 Å². The number of carbonyl (C=O) groups is 1. The smallest absolute Gasteiger partial charge is 0.252 e. The quantitative estimate of drug-likeness (QED) is 0.0973. The normalized spacial score (nSPS) is 24.5. The van der Waals surface area contributed by atoms with Crippen molar-refractivity contribution in [3.05, 3.63) is 75.5 Å². The summed E-state index contributed by atoms with van der Waals surface area (Å²) in [7, 11) is 0. The van der Waals surface area contributed by atoms with Gasteiger partial charge in [0.15, 0.2) is 0 Å². The lowest BCUT2D eigenvalue weighted by molar-refractivity contribution is -0.129. The van der Waals surface area contributed by atoms with Crippen LogP contribution in [0.4, 0.5) is 5.82 Å². The Bertz CT molecular complexity index is 1990. The number of hydrogen-bond donors (Lipinski definition) is 4. The number of hydrogen-bond acceptors (Lipinski definition) is 8. The lowest BCUT2D eigenvalue weighted by Gasteiger charge is -2.56. The molecule has 11 heteroatoms. The maximum absolute atomic E-state index is 13.0. The maximum atomic E-state index is 13.0. The molecule has 4 N–H and O–H groups in total. The zero-order valence-corrected chi connectivity index (χ0v) is 32.5. The largest absolute Gasteiger partial charge is 0.374 e. The van der Waals surface area contributed by atoms with E-state index in [-0.39, 0.29) is 24.1 Å². The van der Waals surface area contributed by atoms with Gasteiger partial charge in [0.05, 0.1) is 11.7 Å². The predicted molar refractivity (Wildman–Crippen MR) is 213 cm³/mol. The third-order valence-electron chi connectivity index (χ3n) is 12.9. The summed E-state index contributed by atoms with van der Waals surface area (Å²) in [5.74, 6) is 3.90. The van der Waals surface area contributed by atoms with Crippen LogP contribution in [0.5, 0.6) is 0 Å². The fraction of sp³-hybridized carbons (Fsp3) is 0.581. The van der Waals surface area contributed by atoms with Crippen molar-refractivity contribution in [2.75, 3.05) is 44.2 Å². The highest BCUT2D eigenvalue weighted by atomic mass is 16.3. The molecule has 0 radical (unpaired) electrons. The number of aliphatic hydroxyl groups is 1. The van der Waals surface area contributed by atoms with E-state index in [4.69, 9.17) is 4.98 Å². The van der Waals surface area contributed by atoms with Gasteiger partial charge in [-0.3, -0.25) is 24.5 Å². The summed E-state index contributed by atoms with van der Waals surface area (Å²) in [6.45, 7) is 13.7. The van der Waals surface area contributed by atoms with Gasteiger partial charge in [0, 0.05) is 85.7 Å². The molecule has 1 aliphatic heterocycles. The Hall–Kier alpha value is -4.06. The van der Waals surface area contributed by atoms with E-state index < -0.39 is 6.23 Å². The highest BCUT2D eigenvalue weighted by molar-refractivity contribution is 5.88. The van der Waals surface area contributed by atoms with E-state index in [2.05, 4.69) is 62.6 Å². The van der Waals surface area contributed by atoms with Crippen molar-refractivity contribution in [1.29, 1.82) is 0 Å². The van der Waals surface area contributed by atoms with Gasteiger partial charge in [0.25, 0.3) is 5.56 Å². The minimum atomic E-state index is -1.01. The van der Waals surface area contributed by atoms with Crippen molar-refractivity contribution in [3.63, 3.8) is 0 Å². The van der Waals surface area contributed by atoms with Gasteiger partial charge in [-0.05, 0) is 144 Å². The molecular weight excluding hydrogens is 677 g/mol. The first-order chi connectivity index (χ1) is 26.0. The van der Waals surface area contributed by atoms with Crippen LogP contribution in [0.1, 0.15) is 99.9 Å². The second-order valence-electron chi connectivity index (χ2n) is 17.4. The number of rotatable bonds is 13. The summed E-state index contributed by atoms with van der Waals surface area (Å²) in [6, 6.07) is 10.4. The van der Waals surface area contributed by atoms with Crippen molar-refractivity contribution in [2.24, 2.45) is 23.2 Å². The Balaban J connectivity index is 0.856. The van der Waals surface area contributed by atoms with E-state index in [9.17, 15) is 14.7 Å². The Kier molecular flexibility index (Phi) is 10.4. The number of benzene rings is 1. The average molecular weight is 735 g/mol. The maximum Gasteiger partial charge on any atom is 0.252 e. The van der Waals surface area contributed by atoms with E-state index in [0.29, 0.717) is 16.5 Å². The van der Waals surface area contributed by atoms with Crippen LogP contribution < -0.4 is 21.1 Å². The molecule has 5 aliphatic rings. The standard InChI is InChI=1S/C43H58N8O3/c1-27(2)51-38-19-34(18-35(37(38)26-47-51)41(53)46-25-36-28(3)14-29(4)48-42(36)54)33-6-7-39(45-24-33)50-12-10-49(11-13-50)9-5-8-44-40(52)23-43-20-30-15-31(21-43)17-32(16-30)22-43/h6-7,14,18-19,24,26-27,30-32,41,46,53H,5,8-13,15-17,20-23,25H2,1-4H3,(H,44,52)(H,48,54). The number of aromatic amines is 1. The number of aryl methyl sites for hydroxylation is 2. The lowest BCUT2D eigenvalue weighted by atomic mass is 9.49. The number of nitrogens with zero attached hydrogens (tertiary/aromatic N) is 5. The molecule has 3 aromatic heterocycles. The number of aliphatic hydroxyl groups excluding tert-OH is 1. The zero-order chi connectivity index (χ0) is 37.6. The number of aromatic nitrogens is 4. The molecule has 9 rings (SSSR count). The number of anilines is 1. The topological polar surface area (TPSA) is 131 Å². The van der Waals surface area contributed by atoms with Crippen molar-refractivity contribution >= 4 is 22.6 Å². The molecule has 1 atom stereocenters. The van der Waals surface area contributed by atoms with Gasteiger partial charge in [0.1, 0.15) is 12.0 Å². The molecule has 288 valence electrons. The van der Waals surface area contributed by atoms with Crippen LogP contribution in [0, 0.1) is 37.0 Å². The number of fused-ring (bicyclic) bond motifs is 1. The monoisotopic (exact) mass is 734 g/mol. The zero-order valence-electron chi connectivity index (χ0n) is 32.5. The van der Waals surface area contributed by atoms with Gasteiger partial charge in [-0.2, -0.15) is 5.10 Å². The number of amides is 1. The molecule has 4 aliphatic carbocycles. The van der Waals surface area contributed by atoms with Gasteiger partial charge in [-0.25, -0.2) is 4.98 Å². The molecule has 0 spiro atoms. The van der Waals surface area contributed by atoms with Gasteiger partial charge in [0.2, 0.25) is 5.91 Å². The van der Waals surface area contributed by atoms with Gasteiger partial charge in [-0.15, -0.1) is 0 Å². The number of piperazine rings is 1. The highest BCUT2D eigenvalue weighted by Gasteiger charge is 2.51. The summed E-state index contributed by atoms with van der Waals surface area (Å²) in [5, 5.41) is 23.4. The highest BCUT2D eigenvalue weighted by Crippen LogP contribution is 2.61. The van der Waals surface area contributed by atoms with Crippen LogP contribution in [0.2, 0.25) is 0 Å². The lowest BCUT2D eigenvalue weighted by Crippen LogP contribution is -2.48. The average Bonchev–Trinajstić information content (AvgIpc) is 3.57. The minimum Gasteiger partial charge on any atom is -0.374 e. The molecule has 4 bridgehead atoms. The van der Waals surface area contributed by atoms with E-state index in [1.165, 1.54) is 38.5 Å². The fourth-order valence-electron chi connectivity index (χ4n) is 10.8. The Labute approximate surface area is 318 Å². The third kappa shape index (κ3) is 7.72. The Morgan fingerprint density at radius 3 is 2.35 bits per heavy atom. The summed E-state index contributed by atoms with van der Waals surface area (Å²) < 4.78 is 1.97. The van der Waals surface area contributed by atoms with Crippen molar-refractivity contribution < 1.29 is 9.90 Å². The van der Waals surface area contributed by atoms with E-state index in [1.54, 1.807) is 0 Å². The summed E-state index contributed by atoms with van der Waals surface area (Å²) in [4.78, 5) is 38.2. The molecule has 1 amide bonds. The number of H-pyrrole nitrogens is 1. The van der Waals surface area contributed by atoms with Crippen LogP contribution in [-0.2, 0) is 11.3 Å². The van der Waals surface area contributed by atoms with Crippen molar-refractivity contribution in [2.45, 2.75) is 97.9 Å². The molecule has 11 nitrogen and oxygen atoms in total. The Morgan fingerprint density at radius 1 is 0.981 bits per heavy atom. The second kappa shape index (κ2) is 15.2. The second-order valence-corrected chi connectivity index (χ2v) is 17.4. The SMILES string of the molecule is Cc1cc(C)c(CNC(O)c2cc(-c3ccc(N4CCN(CCCNC(=O)CC56CC7CC(CC(C7)C5)C6)CC4)nc3)cc3c2cnn3C(C)C)c(=O)[nH]1. The van der Waals surface area contributed by atoms with Crippen LogP contribution in [0.15, 0.2) is 47.5 Å². The first kappa shape index (κ1) is 36.9. The number of pyridine rings is 2. The first-order valence-corrected chi connectivity index (χ1v) is 20.3. The molecule has 4 saturated carbocycles. The molecule has 1 saturated heterocycles. The van der Waals surface area contributed by atoms with E-state index in [0.717, 1.165) is 109 Å². The summed E-state index contributed by atoms with van der Waals surface area (Å²) in [5.41, 5.74) is 6.01. The van der Waals surface area contributed by atoms with Crippen LogP contribution in [0.3, 0.4) is 0 Å². The van der Waals surface area contributed by atoms with Gasteiger partial charge in [-0.1, -0.05) is 0 Å². The number of nitrogens with one attached hydrogen (secondary N) is 3. The van der Waals surface area contributed by atoms with E-state index >= 15 is 0 Å². The van der Waals surface area contributed by atoms with Gasteiger partial charge >= 0.3 is 0 Å². The van der Waals surface area contributed by atoms with E-state index in [1.807, 2.05) is 43.1 Å². The van der Waals surface area contributed by atoms with Gasteiger partial charge < -0.3 is 20.3 Å². The Morgan fingerprint density at radius 2 is 1.70 bits per heavy atom. The summed E-state index contributed by atoms with van der Waals surface area (Å²) in [6.07, 6.45) is 12.6. The molecule has 1 aromatic carbocycles. The van der Waals surface area contributed by atoms with Crippen LogP contribution in [-0.4, -0.2) is 74.9 Å². The summed E-state index contributed by atoms with van der Waals surface area (Å²) >= 11 is 0. The predicted octanol–water partition coefficient (Wildman–Crippen LogP) is 6.00. The van der Waals surface area contributed by atoms with Crippen molar-refractivity contribution in [1.82, 2.24) is 35.3 Å². The first-order valence-electron chi connectivity index (χ1n) is 20.3. The minimum absolute atomic E-state index is 0.138. The molecule has 1 unspecified atom stereocenters. The molecule has 4 aromatic rings. The number of carbonyl (C=O) groups excluding carboxylic acids is 1. The molecule has 5 fully saturated rings. The molecular formula is C43H58N8O3. The molecule has 4 heterocycles. The molecule has 54 heavy (non-hydrogen) atoms. The third-order valence-corrected chi connectivity index (χ3v) is 12.9. The van der Waals surface area contributed by atoms with Crippen LogP contribution in [0.25, 0.3) is 22.0 Å². The fourth-order valence-corrected chi connectivity index (χ4v) is 10.8.